The number of aliphatic imine (C=N–C) groups is 1. The maximum atomic E-state index is 11.1. The van der Waals surface area contributed by atoms with Crippen molar-refractivity contribution < 1.29 is 19.4 Å². The lowest BCUT2D eigenvalue weighted by molar-refractivity contribution is 0.0697. The average molecular weight is 354 g/mol. The van der Waals surface area contributed by atoms with Crippen LogP contribution in [0.4, 0.5) is 11.4 Å². The number of morpholine rings is 1. The molecule has 1 aliphatic rings. The molecule has 0 saturated carbocycles. The molecule has 0 atom stereocenters. The lowest BCUT2D eigenvalue weighted by Gasteiger charge is -2.29. The molecule has 1 heterocycles. The second-order valence-corrected chi connectivity index (χ2v) is 6.09. The SMILES string of the molecule is COc1cc(N2CCOCC2)ccc1C=Nc1cc(C(=O)O)ccc1C. The van der Waals surface area contributed by atoms with Gasteiger partial charge < -0.3 is 19.5 Å². The highest BCUT2D eigenvalue weighted by Gasteiger charge is 2.13. The molecule has 0 amide bonds. The minimum absolute atomic E-state index is 0.220. The number of aryl methyl sites for hydroxylation is 1. The molecule has 1 saturated heterocycles. The zero-order chi connectivity index (χ0) is 18.5. The summed E-state index contributed by atoms with van der Waals surface area (Å²) in [5.74, 6) is -0.237. The summed E-state index contributed by atoms with van der Waals surface area (Å²) in [5, 5.41) is 9.14. The third-order valence-electron chi connectivity index (χ3n) is 4.39. The van der Waals surface area contributed by atoms with Crippen molar-refractivity contribution >= 4 is 23.6 Å². The van der Waals surface area contributed by atoms with Gasteiger partial charge in [-0.3, -0.25) is 4.99 Å². The summed E-state index contributed by atoms with van der Waals surface area (Å²) in [5.41, 5.74) is 3.69. The van der Waals surface area contributed by atoms with Crippen LogP contribution in [0.15, 0.2) is 41.4 Å². The highest BCUT2D eigenvalue weighted by Crippen LogP contribution is 2.27. The normalized spacial score (nSPS) is 14.6. The van der Waals surface area contributed by atoms with Crippen LogP contribution in [-0.2, 0) is 4.74 Å². The van der Waals surface area contributed by atoms with E-state index < -0.39 is 5.97 Å². The van der Waals surface area contributed by atoms with Crippen molar-refractivity contribution in [3.63, 3.8) is 0 Å². The molecule has 0 spiro atoms. The van der Waals surface area contributed by atoms with Gasteiger partial charge >= 0.3 is 5.97 Å². The Bertz CT molecular complexity index is 827. The van der Waals surface area contributed by atoms with Crippen LogP contribution in [0.3, 0.4) is 0 Å². The van der Waals surface area contributed by atoms with Crippen LogP contribution in [0.25, 0.3) is 0 Å². The third-order valence-corrected chi connectivity index (χ3v) is 4.39. The Morgan fingerprint density at radius 3 is 2.69 bits per heavy atom. The van der Waals surface area contributed by atoms with Gasteiger partial charge in [-0.2, -0.15) is 0 Å². The predicted octanol–water partition coefficient (Wildman–Crippen LogP) is 3.29. The monoisotopic (exact) mass is 354 g/mol. The lowest BCUT2D eigenvalue weighted by Crippen LogP contribution is -2.36. The number of carboxylic acids is 1. The topological polar surface area (TPSA) is 71.4 Å². The van der Waals surface area contributed by atoms with E-state index in [2.05, 4.69) is 9.89 Å². The smallest absolute Gasteiger partial charge is 0.335 e. The number of anilines is 1. The molecule has 1 N–H and O–H groups in total. The molecule has 6 heteroatoms. The fraction of sp³-hybridized carbons (Fsp3) is 0.300. The summed E-state index contributed by atoms with van der Waals surface area (Å²) in [6.07, 6.45) is 1.70. The molecular weight excluding hydrogens is 332 g/mol. The number of aromatic carboxylic acids is 1. The minimum Gasteiger partial charge on any atom is -0.496 e. The number of benzene rings is 2. The van der Waals surface area contributed by atoms with Gasteiger partial charge in [0.2, 0.25) is 0 Å². The fourth-order valence-corrected chi connectivity index (χ4v) is 2.85. The number of carboxylic acid groups (broad SMARTS) is 1. The molecule has 0 aliphatic carbocycles. The van der Waals surface area contributed by atoms with Crippen molar-refractivity contribution in [2.75, 3.05) is 38.3 Å². The third kappa shape index (κ3) is 4.03. The van der Waals surface area contributed by atoms with Gasteiger partial charge in [-0.25, -0.2) is 4.79 Å². The summed E-state index contributed by atoms with van der Waals surface area (Å²) < 4.78 is 10.9. The Hall–Kier alpha value is -2.86. The summed E-state index contributed by atoms with van der Waals surface area (Å²) >= 11 is 0. The largest absolute Gasteiger partial charge is 0.496 e. The van der Waals surface area contributed by atoms with E-state index in [1.807, 2.05) is 25.1 Å². The standard InChI is InChI=1S/C20H22N2O4/c1-14-3-4-15(20(23)24)11-18(14)21-13-16-5-6-17(12-19(16)25-2)22-7-9-26-10-8-22/h3-6,11-13H,7-10H2,1-2H3,(H,23,24). The van der Waals surface area contributed by atoms with Crippen LogP contribution in [0.1, 0.15) is 21.5 Å². The Balaban J connectivity index is 1.86. The average Bonchev–Trinajstić information content (AvgIpc) is 2.67. The number of hydrogen-bond donors (Lipinski definition) is 1. The van der Waals surface area contributed by atoms with E-state index in [0.717, 1.165) is 48.9 Å². The van der Waals surface area contributed by atoms with Crippen molar-refractivity contribution in [2.45, 2.75) is 6.92 Å². The number of rotatable bonds is 5. The number of ether oxygens (including phenoxy) is 2. The van der Waals surface area contributed by atoms with Gasteiger partial charge in [-0.05, 0) is 36.8 Å². The molecule has 0 bridgehead atoms. The second kappa shape index (κ2) is 8.01. The quantitative estimate of drug-likeness (QED) is 0.834. The van der Waals surface area contributed by atoms with Crippen LogP contribution in [0, 0.1) is 6.92 Å². The Morgan fingerprint density at radius 1 is 1.23 bits per heavy atom. The molecule has 1 aliphatic heterocycles. The van der Waals surface area contributed by atoms with E-state index in [0.29, 0.717) is 5.69 Å². The molecule has 2 aromatic carbocycles. The van der Waals surface area contributed by atoms with Crippen LogP contribution in [0.5, 0.6) is 5.75 Å². The van der Waals surface area contributed by atoms with E-state index >= 15 is 0 Å². The highest BCUT2D eigenvalue weighted by molar-refractivity contribution is 5.90. The maximum Gasteiger partial charge on any atom is 0.335 e. The predicted molar refractivity (Wildman–Crippen MR) is 101 cm³/mol. The number of hydrogen-bond acceptors (Lipinski definition) is 5. The summed E-state index contributed by atoms with van der Waals surface area (Å²) in [6, 6.07) is 10.9. The first kappa shape index (κ1) is 17.9. The number of carbonyl (C=O) groups is 1. The maximum absolute atomic E-state index is 11.1. The Morgan fingerprint density at radius 2 is 2.00 bits per heavy atom. The van der Waals surface area contributed by atoms with Crippen molar-refractivity contribution in [3.8, 4) is 5.75 Å². The first-order valence-corrected chi connectivity index (χ1v) is 8.47. The lowest BCUT2D eigenvalue weighted by atomic mass is 10.1. The molecule has 1 fully saturated rings. The number of methoxy groups -OCH3 is 1. The molecule has 2 aromatic rings. The van der Waals surface area contributed by atoms with Gasteiger partial charge in [0, 0.05) is 36.6 Å². The fourth-order valence-electron chi connectivity index (χ4n) is 2.85. The van der Waals surface area contributed by atoms with Crippen LogP contribution in [0.2, 0.25) is 0 Å². The molecule has 6 nitrogen and oxygen atoms in total. The summed E-state index contributed by atoms with van der Waals surface area (Å²) in [4.78, 5) is 17.9. The van der Waals surface area contributed by atoms with Gasteiger partial charge in [0.05, 0.1) is 31.6 Å². The van der Waals surface area contributed by atoms with Crippen LogP contribution in [-0.4, -0.2) is 50.7 Å². The molecule has 3 rings (SSSR count). The minimum atomic E-state index is -0.964. The summed E-state index contributed by atoms with van der Waals surface area (Å²) in [7, 11) is 1.63. The zero-order valence-corrected chi connectivity index (χ0v) is 14.9. The van der Waals surface area contributed by atoms with Crippen LogP contribution < -0.4 is 9.64 Å². The number of nitrogens with zero attached hydrogens (tertiary/aromatic N) is 2. The van der Waals surface area contributed by atoms with Crippen molar-refractivity contribution in [3.05, 3.63) is 53.1 Å². The molecule has 0 aromatic heterocycles. The van der Waals surface area contributed by atoms with Crippen LogP contribution >= 0.6 is 0 Å². The second-order valence-electron chi connectivity index (χ2n) is 6.09. The zero-order valence-electron chi connectivity index (χ0n) is 14.9. The first-order valence-electron chi connectivity index (χ1n) is 8.47. The van der Waals surface area contributed by atoms with Crippen molar-refractivity contribution in [1.29, 1.82) is 0 Å². The van der Waals surface area contributed by atoms with E-state index in [-0.39, 0.29) is 5.56 Å². The Kier molecular flexibility index (Phi) is 5.53. The van der Waals surface area contributed by atoms with Gasteiger partial charge in [-0.1, -0.05) is 6.07 Å². The van der Waals surface area contributed by atoms with E-state index in [9.17, 15) is 4.79 Å². The van der Waals surface area contributed by atoms with Crippen molar-refractivity contribution in [2.24, 2.45) is 4.99 Å². The molecular formula is C20H22N2O4. The molecule has 0 radical (unpaired) electrons. The Labute approximate surface area is 152 Å². The van der Waals surface area contributed by atoms with Gasteiger partial charge in [-0.15, -0.1) is 0 Å². The molecule has 26 heavy (non-hydrogen) atoms. The first-order chi connectivity index (χ1) is 12.6. The summed E-state index contributed by atoms with van der Waals surface area (Å²) in [6.45, 7) is 5.07. The highest BCUT2D eigenvalue weighted by atomic mass is 16.5. The van der Waals surface area contributed by atoms with Crippen molar-refractivity contribution in [1.82, 2.24) is 0 Å². The van der Waals surface area contributed by atoms with E-state index in [1.54, 1.807) is 31.5 Å². The van der Waals surface area contributed by atoms with Gasteiger partial charge in [0.1, 0.15) is 5.75 Å². The molecule has 136 valence electrons. The van der Waals surface area contributed by atoms with Gasteiger partial charge in [0.25, 0.3) is 0 Å². The van der Waals surface area contributed by atoms with E-state index in [4.69, 9.17) is 14.6 Å². The van der Waals surface area contributed by atoms with Gasteiger partial charge in [0.15, 0.2) is 0 Å². The van der Waals surface area contributed by atoms with E-state index in [1.165, 1.54) is 0 Å². The molecule has 0 unspecified atom stereocenters.